The zero-order valence-corrected chi connectivity index (χ0v) is 12.9. The summed E-state index contributed by atoms with van der Waals surface area (Å²) in [6, 6.07) is 1.22. The van der Waals surface area contributed by atoms with Gasteiger partial charge in [0, 0.05) is 12.7 Å². The molecule has 1 unspecified atom stereocenters. The van der Waals surface area contributed by atoms with Crippen LogP contribution in [0.5, 0.6) is 0 Å². The first-order valence-corrected chi connectivity index (χ1v) is 7.95. The average Bonchev–Trinajstić information content (AvgIpc) is 2.29. The third-order valence-corrected chi connectivity index (χ3v) is 4.41. The summed E-state index contributed by atoms with van der Waals surface area (Å²) < 4.78 is 26.2. The van der Waals surface area contributed by atoms with Crippen molar-refractivity contribution < 1.29 is 13.5 Å². The molecule has 1 rings (SSSR count). The Kier molecular flexibility index (Phi) is 6.01. The van der Waals surface area contributed by atoms with E-state index in [1.54, 1.807) is 0 Å². The predicted molar refractivity (Wildman–Crippen MR) is 74.9 cm³/mol. The number of sulfonamides is 1. The van der Waals surface area contributed by atoms with E-state index in [-0.39, 0.29) is 27.5 Å². The van der Waals surface area contributed by atoms with Crippen molar-refractivity contribution in [2.24, 2.45) is 5.92 Å². The van der Waals surface area contributed by atoms with Crippen LogP contribution in [0.3, 0.4) is 0 Å². The van der Waals surface area contributed by atoms with Gasteiger partial charge in [-0.15, -0.1) is 0 Å². The lowest BCUT2D eigenvalue weighted by atomic mass is 10.1. The van der Waals surface area contributed by atoms with Crippen LogP contribution >= 0.6 is 23.2 Å². The molecular formula is C11H16Cl2N2O3S. The summed E-state index contributed by atoms with van der Waals surface area (Å²) in [5, 5.41) is 9.74. The fourth-order valence-corrected chi connectivity index (χ4v) is 2.84. The van der Waals surface area contributed by atoms with E-state index >= 15 is 0 Å². The van der Waals surface area contributed by atoms with E-state index in [0.717, 1.165) is 6.20 Å². The zero-order valence-electron chi connectivity index (χ0n) is 10.6. The minimum absolute atomic E-state index is 0.0421. The highest BCUT2D eigenvalue weighted by atomic mass is 35.5. The van der Waals surface area contributed by atoms with Gasteiger partial charge in [0.05, 0.1) is 11.1 Å². The minimum atomic E-state index is -3.75. The van der Waals surface area contributed by atoms with Crippen molar-refractivity contribution in [2.75, 3.05) is 6.54 Å². The van der Waals surface area contributed by atoms with Gasteiger partial charge in [0.15, 0.2) is 0 Å². The molecule has 8 heteroatoms. The van der Waals surface area contributed by atoms with Gasteiger partial charge in [0.1, 0.15) is 10.0 Å². The maximum absolute atomic E-state index is 11.9. The van der Waals surface area contributed by atoms with E-state index in [2.05, 4.69) is 9.71 Å². The second kappa shape index (κ2) is 6.85. The van der Waals surface area contributed by atoms with Gasteiger partial charge in [-0.3, -0.25) is 0 Å². The summed E-state index contributed by atoms with van der Waals surface area (Å²) in [6.07, 6.45) is 0.901. The predicted octanol–water partition coefficient (Wildman–Crippen LogP) is 2.07. The van der Waals surface area contributed by atoms with Crippen LogP contribution in [0, 0.1) is 5.92 Å². The molecule has 108 valence electrons. The first-order chi connectivity index (χ1) is 8.72. The van der Waals surface area contributed by atoms with Gasteiger partial charge in [-0.05, 0) is 18.4 Å². The first-order valence-electron chi connectivity index (χ1n) is 5.71. The number of nitrogens with zero attached hydrogens (tertiary/aromatic N) is 1. The average molecular weight is 327 g/mol. The molecule has 0 radical (unpaired) electrons. The fraction of sp³-hybridized carbons (Fsp3) is 0.545. The highest BCUT2D eigenvalue weighted by molar-refractivity contribution is 7.89. The minimum Gasteiger partial charge on any atom is -0.392 e. The van der Waals surface area contributed by atoms with Crippen LogP contribution < -0.4 is 4.72 Å². The number of aliphatic hydroxyl groups excluding tert-OH is 1. The third kappa shape index (κ3) is 5.24. The fourth-order valence-electron chi connectivity index (χ4n) is 1.47. The molecule has 0 aliphatic heterocycles. The number of rotatable bonds is 6. The quantitative estimate of drug-likeness (QED) is 0.784. The Hall–Kier alpha value is -0.400. The molecule has 0 aliphatic rings. The lowest BCUT2D eigenvalue weighted by Crippen LogP contribution is -2.32. The Morgan fingerprint density at radius 1 is 1.42 bits per heavy atom. The van der Waals surface area contributed by atoms with Crippen LogP contribution in [-0.4, -0.2) is 31.2 Å². The highest BCUT2D eigenvalue weighted by Gasteiger charge is 2.18. The zero-order chi connectivity index (χ0) is 14.6. The smallest absolute Gasteiger partial charge is 0.242 e. The standard InChI is InChI=1S/C11H16Cl2N2O3S/c1-7(2)3-8(16)5-15-19(17,18)9-4-10(12)11(13)14-6-9/h4,6-8,15-16H,3,5H2,1-2H3. The van der Waals surface area contributed by atoms with Crippen molar-refractivity contribution >= 4 is 33.2 Å². The van der Waals surface area contributed by atoms with Crippen LogP contribution in [0.1, 0.15) is 20.3 Å². The SMILES string of the molecule is CC(C)CC(O)CNS(=O)(=O)c1cnc(Cl)c(Cl)c1. The Balaban J connectivity index is 2.73. The van der Waals surface area contributed by atoms with Crippen molar-refractivity contribution in [2.45, 2.75) is 31.3 Å². The molecule has 1 aromatic heterocycles. The van der Waals surface area contributed by atoms with Crippen LogP contribution in [0.4, 0.5) is 0 Å². The number of pyridine rings is 1. The number of halogens is 2. The summed E-state index contributed by atoms with van der Waals surface area (Å²) >= 11 is 11.3. The van der Waals surface area contributed by atoms with Crippen LogP contribution in [0.2, 0.25) is 10.2 Å². The van der Waals surface area contributed by atoms with Crippen LogP contribution in [-0.2, 0) is 10.0 Å². The van der Waals surface area contributed by atoms with Crippen molar-refractivity contribution in [3.8, 4) is 0 Å². The molecule has 0 aromatic carbocycles. The van der Waals surface area contributed by atoms with Crippen LogP contribution in [0.25, 0.3) is 0 Å². The van der Waals surface area contributed by atoms with Gasteiger partial charge in [-0.2, -0.15) is 0 Å². The van der Waals surface area contributed by atoms with E-state index in [4.69, 9.17) is 23.2 Å². The number of aromatic nitrogens is 1. The molecule has 0 saturated carbocycles. The summed E-state index contributed by atoms with van der Waals surface area (Å²) in [6.45, 7) is 3.84. The molecule has 0 amide bonds. The molecular weight excluding hydrogens is 311 g/mol. The largest absolute Gasteiger partial charge is 0.392 e. The Bertz CT molecular complexity index is 535. The molecule has 1 aromatic rings. The Labute approximate surface area is 123 Å². The number of nitrogens with one attached hydrogen (secondary N) is 1. The van der Waals surface area contributed by atoms with E-state index in [1.165, 1.54) is 6.07 Å². The van der Waals surface area contributed by atoms with Gasteiger partial charge in [0.25, 0.3) is 0 Å². The number of aliphatic hydroxyl groups is 1. The molecule has 0 fully saturated rings. The molecule has 0 spiro atoms. The van der Waals surface area contributed by atoms with E-state index < -0.39 is 16.1 Å². The summed E-state index contributed by atoms with van der Waals surface area (Å²) in [5.74, 6) is 0.283. The molecule has 1 atom stereocenters. The summed E-state index contributed by atoms with van der Waals surface area (Å²) in [7, 11) is -3.75. The topological polar surface area (TPSA) is 79.3 Å². The second-order valence-corrected chi connectivity index (χ2v) is 7.11. The van der Waals surface area contributed by atoms with Crippen molar-refractivity contribution in [1.29, 1.82) is 0 Å². The monoisotopic (exact) mass is 326 g/mol. The molecule has 0 aliphatic carbocycles. The maximum Gasteiger partial charge on any atom is 0.242 e. The van der Waals surface area contributed by atoms with Crippen molar-refractivity contribution in [1.82, 2.24) is 9.71 Å². The van der Waals surface area contributed by atoms with Gasteiger partial charge in [-0.25, -0.2) is 18.1 Å². The van der Waals surface area contributed by atoms with E-state index in [9.17, 15) is 13.5 Å². The lowest BCUT2D eigenvalue weighted by molar-refractivity contribution is 0.152. The number of hydrogen-bond donors (Lipinski definition) is 2. The van der Waals surface area contributed by atoms with Gasteiger partial charge >= 0.3 is 0 Å². The van der Waals surface area contributed by atoms with Gasteiger partial charge in [0.2, 0.25) is 10.0 Å². The Morgan fingerprint density at radius 2 is 2.05 bits per heavy atom. The Morgan fingerprint density at radius 3 is 2.58 bits per heavy atom. The van der Waals surface area contributed by atoms with Gasteiger partial charge < -0.3 is 5.11 Å². The number of hydrogen-bond acceptors (Lipinski definition) is 4. The van der Waals surface area contributed by atoms with E-state index in [1.807, 2.05) is 13.8 Å². The maximum atomic E-state index is 11.9. The van der Waals surface area contributed by atoms with Crippen LogP contribution in [0.15, 0.2) is 17.2 Å². The second-order valence-electron chi connectivity index (χ2n) is 4.58. The third-order valence-electron chi connectivity index (χ3n) is 2.33. The summed E-state index contributed by atoms with van der Waals surface area (Å²) in [5.41, 5.74) is 0. The lowest BCUT2D eigenvalue weighted by Gasteiger charge is -2.14. The van der Waals surface area contributed by atoms with E-state index in [0.29, 0.717) is 6.42 Å². The highest BCUT2D eigenvalue weighted by Crippen LogP contribution is 2.22. The normalized spacial score (nSPS) is 13.8. The molecule has 0 bridgehead atoms. The molecule has 19 heavy (non-hydrogen) atoms. The van der Waals surface area contributed by atoms with Gasteiger partial charge in [-0.1, -0.05) is 37.0 Å². The molecule has 0 saturated heterocycles. The molecule has 5 nitrogen and oxygen atoms in total. The molecule has 2 N–H and O–H groups in total. The summed E-state index contributed by atoms with van der Waals surface area (Å²) in [4.78, 5) is 3.59. The van der Waals surface area contributed by atoms with Crippen molar-refractivity contribution in [3.63, 3.8) is 0 Å². The van der Waals surface area contributed by atoms with Crippen molar-refractivity contribution in [3.05, 3.63) is 22.4 Å². The molecule has 1 heterocycles. The first kappa shape index (κ1) is 16.7.